The van der Waals surface area contributed by atoms with E-state index in [1.807, 2.05) is 36.4 Å². The number of nitrogens with zero attached hydrogens (tertiary/aromatic N) is 3. The first-order valence-electron chi connectivity index (χ1n) is 5.70. The zero-order valence-corrected chi connectivity index (χ0v) is 10.5. The maximum atomic E-state index is 4.52. The molecule has 0 spiro atoms. The summed E-state index contributed by atoms with van der Waals surface area (Å²) in [7, 11) is 0. The number of pyridine rings is 1. The standard InChI is InChI=1S/C14H11N3S/c1-2-6-11(7-3-1)10-13-16-14(18-17-13)12-8-4-5-9-15-12/h1-9H,10H2. The molecule has 0 bridgehead atoms. The van der Waals surface area contributed by atoms with Crippen LogP contribution in [0.1, 0.15) is 11.4 Å². The quantitative estimate of drug-likeness (QED) is 0.719. The van der Waals surface area contributed by atoms with Gasteiger partial charge in [0.1, 0.15) is 11.5 Å². The van der Waals surface area contributed by atoms with Crippen LogP contribution in [0.2, 0.25) is 0 Å². The molecule has 0 unspecified atom stereocenters. The SMILES string of the molecule is c1ccc(Cc2nsc(-c3ccccn3)n2)cc1. The van der Waals surface area contributed by atoms with Crippen LogP contribution in [-0.4, -0.2) is 14.3 Å². The maximum absolute atomic E-state index is 4.52. The Balaban J connectivity index is 1.82. The lowest BCUT2D eigenvalue weighted by Gasteiger charge is -1.95. The molecule has 3 rings (SSSR count). The van der Waals surface area contributed by atoms with Crippen molar-refractivity contribution in [2.45, 2.75) is 6.42 Å². The van der Waals surface area contributed by atoms with Crippen LogP contribution in [0.5, 0.6) is 0 Å². The summed E-state index contributed by atoms with van der Waals surface area (Å²) < 4.78 is 4.38. The summed E-state index contributed by atoms with van der Waals surface area (Å²) in [6.07, 6.45) is 2.54. The van der Waals surface area contributed by atoms with E-state index >= 15 is 0 Å². The van der Waals surface area contributed by atoms with Crippen LogP contribution in [0, 0.1) is 0 Å². The molecule has 0 saturated heterocycles. The predicted molar refractivity (Wildman–Crippen MR) is 72.4 cm³/mol. The summed E-state index contributed by atoms with van der Waals surface area (Å²) >= 11 is 1.40. The second-order valence-corrected chi connectivity index (χ2v) is 4.64. The summed E-state index contributed by atoms with van der Waals surface area (Å²) in [6, 6.07) is 16.0. The van der Waals surface area contributed by atoms with Crippen LogP contribution in [0.3, 0.4) is 0 Å². The molecular weight excluding hydrogens is 242 g/mol. The van der Waals surface area contributed by atoms with Gasteiger partial charge in [-0.1, -0.05) is 36.4 Å². The third-order valence-corrected chi connectivity index (χ3v) is 3.33. The molecule has 3 aromatic rings. The molecule has 0 radical (unpaired) electrons. The average molecular weight is 253 g/mol. The van der Waals surface area contributed by atoms with Gasteiger partial charge in [0, 0.05) is 12.6 Å². The zero-order valence-electron chi connectivity index (χ0n) is 9.65. The van der Waals surface area contributed by atoms with E-state index in [2.05, 4.69) is 26.5 Å². The molecule has 0 aliphatic rings. The lowest BCUT2D eigenvalue weighted by molar-refractivity contribution is 1.04. The van der Waals surface area contributed by atoms with Gasteiger partial charge in [-0.05, 0) is 29.2 Å². The first-order valence-corrected chi connectivity index (χ1v) is 6.47. The molecule has 0 N–H and O–H groups in total. The van der Waals surface area contributed by atoms with Gasteiger partial charge in [-0.15, -0.1) is 0 Å². The summed E-state index contributed by atoms with van der Waals surface area (Å²) in [5.74, 6) is 0.854. The topological polar surface area (TPSA) is 38.7 Å². The monoisotopic (exact) mass is 253 g/mol. The molecule has 0 amide bonds. The first kappa shape index (κ1) is 11.0. The second kappa shape index (κ2) is 5.06. The Morgan fingerprint density at radius 2 is 1.78 bits per heavy atom. The summed E-state index contributed by atoms with van der Waals surface area (Å²) in [4.78, 5) is 8.80. The maximum Gasteiger partial charge on any atom is 0.162 e. The van der Waals surface area contributed by atoms with Crippen LogP contribution >= 0.6 is 11.5 Å². The van der Waals surface area contributed by atoms with Crippen LogP contribution in [0.25, 0.3) is 10.7 Å². The number of benzene rings is 1. The molecule has 0 aliphatic heterocycles. The average Bonchev–Trinajstić information content (AvgIpc) is 2.89. The van der Waals surface area contributed by atoms with Gasteiger partial charge in [0.25, 0.3) is 0 Å². The fourth-order valence-electron chi connectivity index (χ4n) is 1.70. The van der Waals surface area contributed by atoms with Crippen LogP contribution < -0.4 is 0 Å². The van der Waals surface area contributed by atoms with Gasteiger partial charge < -0.3 is 0 Å². The van der Waals surface area contributed by atoms with E-state index in [4.69, 9.17) is 0 Å². The first-order chi connectivity index (χ1) is 8.92. The number of hydrogen-bond donors (Lipinski definition) is 0. The smallest absolute Gasteiger partial charge is 0.162 e. The largest absolute Gasteiger partial charge is 0.254 e. The highest BCUT2D eigenvalue weighted by molar-refractivity contribution is 7.09. The van der Waals surface area contributed by atoms with Crippen molar-refractivity contribution in [3.05, 3.63) is 66.1 Å². The van der Waals surface area contributed by atoms with Gasteiger partial charge in [0.05, 0.1) is 0 Å². The Morgan fingerprint density at radius 3 is 2.56 bits per heavy atom. The van der Waals surface area contributed by atoms with E-state index in [0.29, 0.717) is 0 Å². The van der Waals surface area contributed by atoms with Gasteiger partial charge in [-0.2, -0.15) is 4.37 Å². The van der Waals surface area contributed by atoms with E-state index in [1.165, 1.54) is 17.1 Å². The van der Waals surface area contributed by atoms with Crippen molar-refractivity contribution in [2.24, 2.45) is 0 Å². The molecular formula is C14H11N3S. The van der Waals surface area contributed by atoms with Crippen molar-refractivity contribution in [3.8, 4) is 10.7 Å². The Labute approximate surface area is 109 Å². The van der Waals surface area contributed by atoms with E-state index in [0.717, 1.165) is 22.9 Å². The second-order valence-electron chi connectivity index (χ2n) is 3.89. The minimum atomic E-state index is 0.768. The molecule has 2 heterocycles. The minimum absolute atomic E-state index is 0.768. The lowest BCUT2D eigenvalue weighted by Crippen LogP contribution is -1.90. The normalized spacial score (nSPS) is 10.4. The van der Waals surface area contributed by atoms with E-state index in [9.17, 15) is 0 Å². The highest BCUT2D eigenvalue weighted by atomic mass is 32.1. The lowest BCUT2D eigenvalue weighted by atomic mass is 10.1. The third-order valence-electron chi connectivity index (χ3n) is 2.56. The minimum Gasteiger partial charge on any atom is -0.254 e. The van der Waals surface area contributed by atoms with Crippen LogP contribution in [0.15, 0.2) is 54.7 Å². The molecule has 2 aromatic heterocycles. The fourth-order valence-corrected chi connectivity index (χ4v) is 2.36. The Kier molecular flexibility index (Phi) is 3.10. The molecule has 0 fully saturated rings. The van der Waals surface area contributed by atoms with Crippen molar-refractivity contribution in [3.63, 3.8) is 0 Å². The predicted octanol–water partition coefficient (Wildman–Crippen LogP) is 3.19. The van der Waals surface area contributed by atoms with Crippen molar-refractivity contribution in [2.75, 3.05) is 0 Å². The molecule has 0 atom stereocenters. The summed E-state index contributed by atoms with van der Waals surface area (Å²) in [6.45, 7) is 0. The van der Waals surface area contributed by atoms with Gasteiger partial charge in [0.2, 0.25) is 0 Å². The molecule has 3 nitrogen and oxygen atoms in total. The molecule has 0 aliphatic carbocycles. The fraction of sp³-hybridized carbons (Fsp3) is 0.0714. The molecule has 18 heavy (non-hydrogen) atoms. The van der Waals surface area contributed by atoms with Gasteiger partial charge in [-0.25, -0.2) is 4.98 Å². The Bertz CT molecular complexity index is 620. The molecule has 4 heteroatoms. The Hall–Kier alpha value is -2.07. The number of hydrogen-bond acceptors (Lipinski definition) is 4. The highest BCUT2D eigenvalue weighted by Crippen LogP contribution is 2.19. The van der Waals surface area contributed by atoms with E-state index in [1.54, 1.807) is 6.20 Å². The summed E-state index contributed by atoms with van der Waals surface area (Å²) in [5.41, 5.74) is 2.11. The van der Waals surface area contributed by atoms with Crippen LogP contribution in [-0.2, 0) is 6.42 Å². The Morgan fingerprint density at radius 1 is 0.944 bits per heavy atom. The van der Waals surface area contributed by atoms with E-state index in [-0.39, 0.29) is 0 Å². The highest BCUT2D eigenvalue weighted by Gasteiger charge is 2.07. The number of rotatable bonds is 3. The van der Waals surface area contributed by atoms with Gasteiger partial charge in [-0.3, -0.25) is 4.98 Å². The molecule has 88 valence electrons. The molecule has 0 saturated carbocycles. The zero-order chi connectivity index (χ0) is 12.2. The van der Waals surface area contributed by atoms with Gasteiger partial charge in [0.15, 0.2) is 5.01 Å². The van der Waals surface area contributed by atoms with Gasteiger partial charge >= 0.3 is 0 Å². The van der Waals surface area contributed by atoms with E-state index < -0.39 is 0 Å². The van der Waals surface area contributed by atoms with Crippen LogP contribution in [0.4, 0.5) is 0 Å². The van der Waals surface area contributed by atoms with Crippen molar-refractivity contribution >= 4 is 11.5 Å². The molecule has 1 aromatic carbocycles. The van der Waals surface area contributed by atoms with Crippen molar-refractivity contribution < 1.29 is 0 Å². The van der Waals surface area contributed by atoms with Crippen molar-refractivity contribution in [1.82, 2.24) is 14.3 Å². The third kappa shape index (κ3) is 2.43. The summed E-state index contributed by atoms with van der Waals surface area (Å²) in [5, 5.41) is 0.876. The van der Waals surface area contributed by atoms with Crippen molar-refractivity contribution in [1.29, 1.82) is 0 Å². The number of aromatic nitrogens is 3.